The summed E-state index contributed by atoms with van der Waals surface area (Å²) in [7, 11) is 0. The monoisotopic (exact) mass is 622 g/mol. The molecule has 0 spiro atoms. The number of rotatable bonds is 1. The van der Waals surface area contributed by atoms with E-state index >= 15 is 0 Å². The second-order valence-corrected chi connectivity index (χ2v) is 10.1. The average Bonchev–Trinajstić information content (AvgIpc) is 3.81. The summed E-state index contributed by atoms with van der Waals surface area (Å²) in [5, 5.41) is 18.8. The zero-order valence-electron chi connectivity index (χ0n) is 23.6. The molecule has 0 unspecified atom stereocenters. The van der Waals surface area contributed by atoms with Gasteiger partial charge in [-0.15, -0.1) is 0 Å². The number of aliphatic hydroxyl groups excluding tert-OH is 2. The van der Waals surface area contributed by atoms with E-state index in [1.54, 1.807) is 0 Å². The summed E-state index contributed by atoms with van der Waals surface area (Å²) in [4.78, 5) is 39.3. The molecule has 10 nitrogen and oxygen atoms in total. The van der Waals surface area contributed by atoms with Crippen molar-refractivity contribution < 1.29 is 31.9 Å². The minimum Gasteiger partial charge on any atom is -0.394 e. The molecule has 0 aliphatic carbocycles. The van der Waals surface area contributed by atoms with Crippen molar-refractivity contribution in [1.29, 1.82) is 0 Å². The molecule has 0 atom stereocenters. The van der Waals surface area contributed by atoms with Gasteiger partial charge in [-0.25, -0.2) is 9.97 Å². The van der Waals surface area contributed by atoms with Crippen LogP contribution in [0.15, 0.2) is 97.1 Å². The summed E-state index contributed by atoms with van der Waals surface area (Å²) < 4.78 is 0. The Bertz CT molecular complexity index is 2080. The third-order valence-corrected chi connectivity index (χ3v) is 7.43. The quantitative estimate of drug-likeness (QED) is 0.237. The first kappa shape index (κ1) is 28.6. The van der Waals surface area contributed by atoms with E-state index in [0.717, 1.165) is 43.8 Å². The predicted octanol–water partition coefficient (Wildman–Crippen LogP) is 5.10. The molecule has 7 aromatic rings. The SMILES string of the molecule is OCCO.[Ti].c1ccc2c(c1)-c1nc-2nc2[n-]c(nc3nc(nc4[n-]c(n1)c1ccccc41)-c1ccccc1-3)c1ccccc21. The minimum absolute atomic E-state index is 0. The Kier molecular flexibility index (Phi) is 7.48. The van der Waals surface area contributed by atoms with Crippen LogP contribution in [0.2, 0.25) is 0 Å². The van der Waals surface area contributed by atoms with Crippen molar-refractivity contribution in [3.63, 3.8) is 0 Å². The molecule has 2 aliphatic heterocycles. The number of nitrogens with zero attached hydrogens (tertiary/aromatic N) is 8. The van der Waals surface area contributed by atoms with Crippen LogP contribution in [0.4, 0.5) is 0 Å². The third kappa shape index (κ3) is 4.90. The molecular weight excluding hydrogens is 600 g/mol. The standard InChI is InChI=1S/C32H16N8.C2H6O2.Ti/c1-2-10-18-17(9-1)25-33-26(18)38-28-21-13-5-6-14-22(21)30(35-28)40-32-24-16-8-7-15-23(24)31(36-32)39-29-20-12-4-3-11-19(20)27(34-29)37-25;3-1-2-4;/h1-16H;3-4H,1-2H2;/q-2;;. The van der Waals surface area contributed by atoms with Crippen molar-refractivity contribution in [2.45, 2.75) is 0 Å². The summed E-state index contributed by atoms with van der Waals surface area (Å²) in [6.07, 6.45) is 0. The van der Waals surface area contributed by atoms with Crippen LogP contribution in [0.1, 0.15) is 0 Å². The van der Waals surface area contributed by atoms with E-state index in [4.69, 9.17) is 50.1 Å². The molecule has 5 heterocycles. The molecular formula is C34H22N8O2Ti-2. The summed E-state index contributed by atoms with van der Waals surface area (Å²) in [6.45, 7) is -0.250. The first-order valence-corrected chi connectivity index (χ1v) is 14.0. The first-order valence-electron chi connectivity index (χ1n) is 14.0. The normalized spacial score (nSPS) is 11.3. The van der Waals surface area contributed by atoms with Crippen molar-refractivity contribution in [3.8, 4) is 45.6 Å². The molecule has 2 aliphatic rings. The molecule has 216 valence electrons. The molecule has 8 bridgehead atoms. The van der Waals surface area contributed by atoms with E-state index in [2.05, 4.69) is 0 Å². The largest absolute Gasteiger partial charge is 0.394 e. The van der Waals surface area contributed by atoms with Gasteiger partial charge >= 0.3 is 0 Å². The van der Waals surface area contributed by atoms with Gasteiger partial charge in [0.25, 0.3) is 0 Å². The summed E-state index contributed by atoms with van der Waals surface area (Å²) >= 11 is 0. The molecule has 4 aromatic carbocycles. The van der Waals surface area contributed by atoms with E-state index in [1.807, 2.05) is 97.1 Å². The number of fused-ring (bicyclic) bond motifs is 20. The van der Waals surface area contributed by atoms with Gasteiger partial charge in [-0.05, 0) is 21.5 Å². The molecule has 0 radical (unpaired) electrons. The molecule has 45 heavy (non-hydrogen) atoms. The van der Waals surface area contributed by atoms with Crippen LogP contribution >= 0.6 is 0 Å². The zero-order valence-corrected chi connectivity index (χ0v) is 25.2. The third-order valence-electron chi connectivity index (χ3n) is 7.43. The molecule has 0 saturated heterocycles. The van der Waals surface area contributed by atoms with Crippen molar-refractivity contribution in [2.75, 3.05) is 13.2 Å². The molecule has 0 amide bonds. The van der Waals surface area contributed by atoms with E-state index in [0.29, 0.717) is 45.9 Å². The zero-order chi connectivity index (χ0) is 29.6. The number of hydrogen-bond acceptors (Lipinski definition) is 8. The predicted molar refractivity (Wildman–Crippen MR) is 168 cm³/mol. The van der Waals surface area contributed by atoms with Crippen LogP contribution in [0.3, 0.4) is 0 Å². The number of benzene rings is 4. The van der Waals surface area contributed by atoms with Crippen LogP contribution in [0.25, 0.3) is 89.7 Å². The Morgan fingerprint density at radius 2 is 0.622 bits per heavy atom. The van der Waals surface area contributed by atoms with Crippen molar-refractivity contribution in [3.05, 3.63) is 97.1 Å². The van der Waals surface area contributed by atoms with E-state index in [-0.39, 0.29) is 34.9 Å². The van der Waals surface area contributed by atoms with E-state index < -0.39 is 0 Å². The van der Waals surface area contributed by atoms with Gasteiger partial charge in [0.1, 0.15) is 0 Å². The number of aliphatic hydroxyl groups is 2. The fourth-order valence-electron chi connectivity index (χ4n) is 5.46. The van der Waals surface area contributed by atoms with E-state index in [9.17, 15) is 0 Å². The van der Waals surface area contributed by atoms with Gasteiger partial charge in [0.15, 0.2) is 0 Å². The summed E-state index contributed by atoms with van der Waals surface area (Å²) in [6, 6.07) is 31.8. The molecule has 9 rings (SSSR count). The maximum Gasteiger partial charge on any atom is 0.0927 e. The van der Waals surface area contributed by atoms with Crippen LogP contribution in [0.5, 0.6) is 0 Å². The first-order chi connectivity index (χ1) is 21.7. The summed E-state index contributed by atoms with van der Waals surface area (Å²) in [5.74, 6) is 2.21. The fourth-order valence-corrected chi connectivity index (χ4v) is 5.46. The molecule has 3 aromatic heterocycles. The summed E-state index contributed by atoms with van der Waals surface area (Å²) in [5.41, 5.74) is 5.78. The topological polar surface area (TPSA) is 146 Å². The van der Waals surface area contributed by atoms with Gasteiger partial charge in [-0.2, -0.15) is 0 Å². The minimum atomic E-state index is -0.125. The molecule has 11 heteroatoms. The van der Waals surface area contributed by atoms with Crippen LogP contribution in [0, 0.1) is 0 Å². The Balaban J connectivity index is 0.000000617. The second kappa shape index (κ2) is 11.8. The van der Waals surface area contributed by atoms with Gasteiger partial charge < -0.3 is 40.1 Å². The van der Waals surface area contributed by atoms with Gasteiger partial charge in [-0.3, -0.25) is 0 Å². The van der Waals surface area contributed by atoms with Gasteiger partial charge in [-0.1, -0.05) is 97.1 Å². The molecule has 2 N–H and O–H groups in total. The van der Waals surface area contributed by atoms with Crippen molar-refractivity contribution in [1.82, 2.24) is 39.9 Å². The number of hydrogen-bond donors (Lipinski definition) is 2. The van der Waals surface area contributed by atoms with E-state index in [1.165, 1.54) is 0 Å². The van der Waals surface area contributed by atoms with Crippen LogP contribution in [-0.2, 0) is 21.7 Å². The second-order valence-electron chi connectivity index (χ2n) is 10.1. The molecule has 0 saturated carbocycles. The Hall–Kier alpha value is -5.13. The van der Waals surface area contributed by atoms with Crippen LogP contribution < -0.4 is 9.97 Å². The maximum atomic E-state index is 7.62. The van der Waals surface area contributed by atoms with Crippen LogP contribution in [-0.4, -0.2) is 53.3 Å². The Morgan fingerprint density at radius 1 is 0.378 bits per heavy atom. The fraction of sp³-hybridized carbons (Fsp3) is 0.0588. The smallest absolute Gasteiger partial charge is 0.0927 e. The van der Waals surface area contributed by atoms with Gasteiger partial charge in [0.2, 0.25) is 0 Å². The Labute approximate surface area is 270 Å². The van der Waals surface area contributed by atoms with Gasteiger partial charge in [0.05, 0.1) is 36.5 Å². The maximum absolute atomic E-state index is 7.62. The number of aromatic nitrogens is 8. The molecule has 0 fully saturated rings. The Morgan fingerprint density at radius 3 is 0.867 bits per heavy atom. The van der Waals surface area contributed by atoms with Crippen molar-refractivity contribution >= 4 is 44.1 Å². The van der Waals surface area contributed by atoms with Crippen molar-refractivity contribution in [2.24, 2.45) is 0 Å². The van der Waals surface area contributed by atoms with Gasteiger partial charge in [0, 0.05) is 66.6 Å². The average molecular weight is 622 g/mol.